The third-order valence-corrected chi connectivity index (χ3v) is 3.41. The summed E-state index contributed by atoms with van der Waals surface area (Å²) in [5.74, 6) is -0.332. The second-order valence-electron chi connectivity index (χ2n) is 4.99. The molecule has 0 amide bonds. The van der Waals surface area contributed by atoms with Gasteiger partial charge in [-0.3, -0.25) is 0 Å². The van der Waals surface area contributed by atoms with E-state index in [0.717, 1.165) is 11.3 Å². The van der Waals surface area contributed by atoms with E-state index < -0.39 is 0 Å². The predicted molar refractivity (Wildman–Crippen MR) is 82.7 cm³/mol. The van der Waals surface area contributed by atoms with Crippen molar-refractivity contribution in [2.24, 2.45) is 0 Å². The summed E-state index contributed by atoms with van der Waals surface area (Å²) in [6, 6.07) is 12.5. The van der Waals surface area contributed by atoms with Crippen molar-refractivity contribution in [2.45, 2.75) is 6.54 Å². The minimum Gasteiger partial charge on any atom is -0.424 e. The molecule has 6 nitrogen and oxygen atoms in total. The standard InChI is InChI=1S/C16H12FN5O/c17-12-3-6-15-14(7-12)21-16(23-15)19-8-11-1-4-13(5-2-11)22-10-18-9-20-22/h1-7,9-10H,8H2,(H,19,21). The van der Waals surface area contributed by atoms with Gasteiger partial charge < -0.3 is 9.73 Å². The van der Waals surface area contributed by atoms with Gasteiger partial charge in [0.15, 0.2) is 5.58 Å². The molecule has 0 bridgehead atoms. The molecule has 0 aliphatic rings. The minimum atomic E-state index is -0.332. The van der Waals surface area contributed by atoms with Crippen LogP contribution in [0.4, 0.5) is 10.4 Å². The van der Waals surface area contributed by atoms with E-state index >= 15 is 0 Å². The molecular formula is C16H12FN5O. The van der Waals surface area contributed by atoms with Crippen LogP contribution in [-0.2, 0) is 6.54 Å². The highest BCUT2D eigenvalue weighted by Crippen LogP contribution is 2.20. The summed E-state index contributed by atoms with van der Waals surface area (Å²) in [5, 5.41) is 7.16. The van der Waals surface area contributed by atoms with E-state index in [0.29, 0.717) is 23.7 Å². The van der Waals surface area contributed by atoms with Crippen LogP contribution >= 0.6 is 0 Å². The van der Waals surface area contributed by atoms with Crippen molar-refractivity contribution >= 4 is 17.1 Å². The molecule has 114 valence electrons. The number of anilines is 1. The van der Waals surface area contributed by atoms with Gasteiger partial charge in [0.1, 0.15) is 24.0 Å². The minimum absolute atomic E-state index is 0.332. The van der Waals surface area contributed by atoms with E-state index in [9.17, 15) is 4.39 Å². The van der Waals surface area contributed by atoms with Crippen LogP contribution in [0.1, 0.15) is 5.56 Å². The molecule has 0 aliphatic carbocycles. The average molecular weight is 309 g/mol. The summed E-state index contributed by atoms with van der Waals surface area (Å²) in [6.45, 7) is 0.549. The molecule has 7 heteroatoms. The van der Waals surface area contributed by atoms with Gasteiger partial charge in [-0.05, 0) is 29.8 Å². The number of nitrogens with one attached hydrogen (secondary N) is 1. The highest BCUT2D eigenvalue weighted by molar-refractivity contribution is 5.74. The number of nitrogens with zero attached hydrogens (tertiary/aromatic N) is 4. The summed E-state index contributed by atoms with van der Waals surface area (Å²) in [4.78, 5) is 8.12. The van der Waals surface area contributed by atoms with E-state index in [2.05, 4.69) is 20.4 Å². The smallest absolute Gasteiger partial charge is 0.295 e. The molecule has 0 spiro atoms. The lowest BCUT2D eigenvalue weighted by Crippen LogP contribution is -2.00. The Morgan fingerprint density at radius 1 is 1.13 bits per heavy atom. The lowest BCUT2D eigenvalue weighted by molar-refractivity contribution is 0.610. The average Bonchev–Trinajstić information content (AvgIpc) is 3.22. The zero-order valence-corrected chi connectivity index (χ0v) is 12.0. The number of halogens is 1. The van der Waals surface area contributed by atoms with Gasteiger partial charge in [-0.15, -0.1) is 0 Å². The van der Waals surface area contributed by atoms with Crippen LogP contribution in [0.3, 0.4) is 0 Å². The lowest BCUT2D eigenvalue weighted by Gasteiger charge is -2.04. The molecule has 1 N–H and O–H groups in total. The van der Waals surface area contributed by atoms with Gasteiger partial charge in [0.2, 0.25) is 0 Å². The number of hydrogen-bond acceptors (Lipinski definition) is 5. The molecule has 0 unspecified atom stereocenters. The van der Waals surface area contributed by atoms with Crippen LogP contribution in [0.5, 0.6) is 0 Å². The maximum Gasteiger partial charge on any atom is 0.295 e. The Labute approximate surface area is 130 Å². The molecule has 0 saturated heterocycles. The van der Waals surface area contributed by atoms with E-state index in [1.807, 2.05) is 24.3 Å². The largest absolute Gasteiger partial charge is 0.424 e. The summed E-state index contributed by atoms with van der Waals surface area (Å²) >= 11 is 0. The number of rotatable bonds is 4. The predicted octanol–water partition coefficient (Wildman–Crippen LogP) is 3.16. The van der Waals surface area contributed by atoms with Crippen LogP contribution in [-0.4, -0.2) is 19.7 Å². The van der Waals surface area contributed by atoms with Crippen molar-refractivity contribution in [3.05, 3.63) is 66.5 Å². The van der Waals surface area contributed by atoms with Crippen LogP contribution in [0.15, 0.2) is 59.5 Å². The molecule has 2 heterocycles. The zero-order chi connectivity index (χ0) is 15.6. The van der Waals surface area contributed by atoms with E-state index in [-0.39, 0.29) is 5.82 Å². The van der Waals surface area contributed by atoms with Crippen molar-refractivity contribution in [2.75, 3.05) is 5.32 Å². The Balaban J connectivity index is 1.47. The van der Waals surface area contributed by atoms with Crippen molar-refractivity contribution in [1.82, 2.24) is 19.7 Å². The first-order chi connectivity index (χ1) is 11.3. The Kier molecular flexibility index (Phi) is 3.23. The summed E-state index contributed by atoms with van der Waals surface area (Å²) in [7, 11) is 0. The monoisotopic (exact) mass is 309 g/mol. The highest BCUT2D eigenvalue weighted by Gasteiger charge is 2.06. The van der Waals surface area contributed by atoms with Crippen molar-refractivity contribution in [3.8, 4) is 5.69 Å². The first-order valence-electron chi connectivity index (χ1n) is 7.02. The third-order valence-electron chi connectivity index (χ3n) is 3.41. The fourth-order valence-electron chi connectivity index (χ4n) is 2.26. The number of fused-ring (bicyclic) bond motifs is 1. The van der Waals surface area contributed by atoms with E-state index in [1.165, 1.54) is 18.5 Å². The number of benzene rings is 2. The topological polar surface area (TPSA) is 68.8 Å². The van der Waals surface area contributed by atoms with Crippen molar-refractivity contribution in [1.29, 1.82) is 0 Å². The van der Waals surface area contributed by atoms with E-state index in [4.69, 9.17) is 4.42 Å². The third kappa shape index (κ3) is 2.76. The Morgan fingerprint density at radius 2 is 2.00 bits per heavy atom. The van der Waals surface area contributed by atoms with Crippen LogP contribution in [0, 0.1) is 5.82 Å². The Bertz CT molecular complexity index is 931. The first kappa shape index (κ1) is 13.4. The normalized spacial score (nSPS) is 11.0. The molecule has 0 saturated carbocycles. The van der Waals surface area contributed by atoms with Crippen LogP contribution < -0.4 is 5.32 Å². The molecule has 2 aromatic carbocycles. The highest BCUT2D eigenvalue weighted by atomic mass is 19.1. The van der Waals surface area contributed by atoms with Gasteiger partial charge in [-0.1, -0.05) is 12.1 Å². The fraction of sp³-hybridized carbons (Fsp3) is 0.0625. The lowest BCUT2D eigenvalue weighted by atomic mass is 10.2. The molecule has 2 aromatic heterocycles. The van der Waals surface area contributed by atoms with Gasteiger partial charge in [0.05, 0.1) is 5.69 Å². The van der Waals surface area contributed by atoms with Gasteiger partial charge in [-0.2, -0.15) is 10.1 Å². The Hall–Kier alpha value is -3.22. The molecule has 0 atom stereocenters. The molecule has 0 fully saturated rings. The quantitative estimate of drug-likeness (QED) is 0.627. The zero-order valence-electron chi connectivity index (χ0n) is 12.0. The maximum absolute atomic E-state index is 13.1. The fourth-order valence-corrected chi connectivity index (χ4v) is 2.26. The number of oxazole rings is 1. The van der Waals surface area contributed by atoms with E-state index in [1.54, 1.807) is 17.1 Å². The van der Waals surface area contributed by atoms with Crippen molar-refractivity contribution in [3.63, 3.8) is 0 Å². The van der Waals surface area contributed by atoms with Crippen LogP contribution in [0.2, 0.25) is 0 Å². The summed E-state index contributed by atoms with van der Waals surface area (Å²) in [6.07, 6.45) is 3.14. The number of aromatic nitrogens is 4. The Morgan fingerprint density at radius 3 is 2.78 bits per heavy atom. The molecule has 23 heavy (non-hydrogen) atoms. The molecule has 0 radical (unpaired) electrons. The van der Waals surface area contributed by atoms with Crippen LogP contribution in [0.25, 0.3) is 16.8 Å². The van der Waals surface area contributed by atoms with Gasteiger partial charge in [0.25, 0.3) is 6.01 Å². The summed E-state index contributed by atoms with van der Waals surface area (Å²) in [5.41, 5.74) is 3.04. The van der Waals surface area contributed by atoms with Gasteiger partial charge >= 0.3 is 0 Å². The SMILES string of the molecule is Fc1ccc2oc(NCc3ccc(-n4cncn4)cc3)nc2c1. The van der Waals surface area contributed by atoms with Gasteiger partial charge in [0, 0.05) is 12.6 Å². The first-order valence-corrected chi connectivity index (χ1v) is 7.02. The molecular weight excluding hydrogens is 297 g/mol. The molecule has 4 rings (SSSR count). The van der Waals surface area contributed by atoms with Crippen molar-refractivity contribution < 1.29 is 8.81 Å². The second kappa shape index (κ2) is 5.53. The molecule has 4 aromatic rings. The maximum atomic E-state index is 13.1. The number of hydrogen-bond donors (Lipinski definition) is 1. The second-order valence-corrected chi connectivity index (χ2v) is 4.99. The van der Waals surface area contributed by atoms with Gasteiger partial charge in [-0.25, -0.2) is 14.1 Å². The molecule has 0 aliphatic heterocycles. The summed E-state index contributed by atoms with van der Waals surface area (Å²) < 4.78 is 20.3.